The Morgan fingerprint density at radius 3 is 2.45 bits per heavy atom. The topological polar surface area (TPSA) is 120 Å². The van der Waals surface area contributed by atoms with Crippen molar-refractivity contribution in [1.29, 1.82) is 0 Å². The highest BCUT2D eigenvalue weighted by molar-refractivity contribution is 5.83. The van der Waals surface area contributed by atoms with Crippen molar-refractivity contribution in [3.8, 4) is 22.8 Å². The number of hydrogen-bond acceptors (Lipinski definition) is 6. The summed E-state index contributed by atoms with van der Waals surface area (Å²) in [5.74, 6) is -0.920. The molecular weight excluding hydrogens is 378 g/mol. The molecule has 9 nitrogen and oxygen atoms in total. The average Bonchev–Trinajstić information content (AvgIpc) is 2.72. The van der Waals surface area contributed by atoms with Crippen LogP contribution in [0.25, 0.3) is 11.3 Å². The maximum absolute atomic E-state index is 12.3. The van der Waals surface area contributed by atoms with Gasteiger partial charge in [0, 0.05) is 11.6 Å². The molecule has 9 heteroatoms. The zero-order valence-corrected chi connectivity index (χ0v) is 16.8. The van der Waals surface area contributed by atoms with Crippen molar-refractivity contribution >= 4 is 11.9 Å². The Balaban J connectivity index is 2.26. The van der Waals surface area contributed by atoms with Crippen LogP contribution in [0.3, 0.4) is 0 Å². The van der Waals surface area contributed by atoms with Crippen LogP contribution in [0.15, 0.2) is 35.1 Å². The molecule has 2 N–H and O–H groups in total. The molecule has 0 spiro atoms. The minimum Gasteiger partial charge on any atom is -0.493 e. The van der Waals surface area contributed by atoms with E-state index in [0.29, 0.717) is 29.2 Å². The standard InChI is InChI=1S/C20H25N3O6/c1-5-12(2)19(20(26)27)21-17(24)11-23-18(25)9-7-14(22-23)13-6-8-15(28-3)16(10-13)29-4/h6-10,12,19H,5,11H2,1-4H3,(H,21,24)(H,26,27). The molecule has 0 bridgehead atoms. The van der Waals surface area contributed by atoms with E-state index in [1.165, 1.54) is 26.4 Å². The number of nitrogens with zero attached hydrogens (tertiary/aromatic N) is 2. The number of carboxylic acid groups (broad SMARTS) is 1. The Bertz CT molecular complexity index is 940. The molecule has 1 amide bonds. The molecular formula is C20H25N3O6. The highest BCUT2D eigenvalue weighted by Crippen LogP contribution is 2.31. The van der Waals surface area contributed by atoms with Crippen molar-refractivity contribution in [2.45, 2.75) is 32.9 Å². The van der Waals surface area contributed by atoms with Crippen molar-refractivity contribution in [1.82, 2.24) is 15.1 Å². The van der Waals surface area contributed by atoms with Crippen LogP contribution in [0.4, 0.5) is 0 Å². The van der Waals surface area contributed by atoms with Gasteiger partial charge in [0.2, 0.25) is 5.91 Å². The van der Waals surface area contributed by atoms with E-state index in [0.717, 1.165) is 4.68 Å². The van der Waals surface area contributed by atoms with E-state index in [1.807, 2.05) is 6.92 Å². The van der Waals surface area contributed by atoms with Gasteiger partial charge in [0.1, 0.15) is 12.6 Å². The van der Waals surface area contributed by atoms with Crippen LogP contribution in [0.1, 0.15) is 20.3 Å². The van der Waals surface area contributed by atoms with Crippen molar-refractivity contribution in [2.24, 2.45) is 5.92 Å². The van der Waals surface area contributed by atoms with Crippen molar-refractivity contribution in [3.05, 3.63) is 40.7 Å². The monoisotopic (exact) mass is 403 g/mol. The van der Waals surface area contributed by atoms with Gasteiger partial charge in [0.05, 0.1) is 19.9 Å². The Hall–Kier alpha value is -3.36. The molecule has 0 aliphatic heterocycles. The molecule has 0 radical (unpaired) electrons. The number of hydrogen-bond donors (Lipinski definition) is 2. The maximum atomic E-state index is 12.3. The number of aromatic nitrogens is 2. The van der Waals surface area contributed by atoms with E-state index in [-0.39, 0.29) is 12.5 Å². The molecule has 1 heterocycles. The summed E-state index contributed by atoms with van der Waals surface area (Å²) in [7, 11) is 3.04. The summed E-state index contributed by atoms with van der Waals surface area (Å²) in [6.45, 7) is 3.19. The Labute approximate surface area is 168 Å². The summed E-state index contributed by atoms with van der Waals surface area (Å²) in [6, 6.07) is 6.98. The fraction of sp³-hybridized carbons (Fsp3) is 0.400. The molecule has 1 aromatic heterocycles. The van der Waals surface area contributed by atoms with E-state index in [1.54, 1.807) is 25.1 Å². The first-order chi connectivity index (χ1) is 13.8. The number of methoxy groups -OCH3 is 2. The minimum absolute atomic E-state index is 0.251. The quantitative estimate of drug-likeness (QED) is 0.652. The first kappa shape index (κ1) is 21.9. The minimum atomic E-state index is -1.12. The van der Waals surface area contributed by atoms with Crippen molar-refractivity contribution in [3.63, 3.8) is 0 Å². The fourth-order valence-corrected chi connectivity index (χ4v) is 2.75. The number of amides is 1. The number of carbonyl (C=O) groups is 2. The van der Waals surface area contributed by atoms with Crippen LogP contribution < -0.4 is 20.3 Å². The lowest BCUT2D eigenvalue weighted by Crippen LogP contribution is -2.47. The van der Waals surface area contributed by atoms with Crippen LogP contribution in [-0.2, 0) is 16.1 Å². The molecule has 0 saturated carbocycles. The smallest absolute Gasteiger partial charge is 0.326 e. The van der Waals surface area contributed by atoms with Gasteiger partial charge in [0.15, 0.2) is 11.5 Å². The number of nitrogens with one attached hydrogen (secondary N) is 1. The summed E-state index contributed by atoms with van der Waals surface area (Å²) in [5.41, 5.74) is 0.648. The number of ether oxygens (including phenoxy) is 2. The van der Waals surface area contributed by atoms with Gasteiger partial charge >= 0.3 is 5.97 Å². The predicted octanol–water partition coefficient (Wildman–Crippen LogP) is 1.54. The number of aliphatic carboxylic acids is 1. The van der Waals surface area contributed by atoms with Crippen LogP contribution in [0.2, 0.25) is 0 Å². The van der Waals surface area contributed by atoms with E-state index in [4.69, 9.17) is 9.47 Å². The van der Waals surface area contributed by atoms with Gasteiger partial charge < -0.3 is 19.9 Å². The molecule has 2 rings (SSSR count). The van der Waals surface area contributed by atoms with Gasteiger partial charge in [-0.2, -0.15) is 5.10 Å². The summed E-state index contributed by atoms with van der Waals surface area (Å²) in [6.07, 6.45) is 0.588. The lowest BCUT2D eigenvalue weighted by Gasteiger charge is -2.20. The number of benzene rings is 1. The SMILES string of the molecule is CCC(C)C(NC(=O)Cn1nc(-c2ccc(OC)c(OC)c2)ccc1=O)C(=O)O. The lowest BCUT2D eigenvalue weighted by atomic mass is 9.99. The van der Waals surface area contributed by atoms with E-state index in [2.05, 4.69) is 10.4 Å². The molecule has 0 aliphatic carbocycles. The van der Waals surface area contributed by atoms with Gasteiger partial charge in [-0.15, -0.1) is 0 Å². The van der Waals surface area contributed by atoms with Crippen LogP contribution in [-0.4, -0.2) is 47.0 Å². The molecule has 0 aliphatic rings. The molecule has 2 unspecified atom stereocenters. The van der Waals surface area contributed by atoms with Gasteiger partial charge in [0.25, 0.3) is 5.56 Å². The molecule has 156 valence electrons. The Morgan fingerprint density at radius 1 is 1.17 bits per heavy atom. The number of rotatable bonds is 9. The first-order valence-electron chi connectivity index (χ1n) is 9.13. The normalized spacial score (nSPS) is 12.7. The van der Waals surface area contributed by atoms with Crippen molar-refractivity contribution < 1.29 is 24.2 Å². The first-order valence-corrected chi connectivity index (χ1v) is 9.13. The van der Waals surface area contributed by atoms with Gasteiger partial charge in [-0.05, 0) is 30.2 Å². The molecule has 29 heavy (non-hydrogen) atoms. The van der Waals surface area contributed by atoms with E-state index >= 15 is 0 Å². The van der Waals surface area contributed by atoms with Gasteiger partial charge in [-0.25, -0.2) is 9.48 Å². The Morgan fingerprint density at radius 2 is 1.86 bits per heavy atom. The van der Waals surface area contributed by atoms with Crippen LogP contribution in [0, 0.1) is 5.92 Å². The summed E-state index contributed by atoms with van der Waals surface area (Å²) < 4.78 is 11.5. The second-order valence-corrected chi connectivity index (χ2v) is 6.55. The molecule has 1 aromatic carbocycles. The lowest BCUT2D eigenvalue weighted by molar-refractivity contribution is -0.143. The third-order valence-corrected chi connectivity index (χ3v) is 4.63. The van der Waals surface area contributed by atoms with Crippen LogP contribution >= 0.6 is 0 Å². The highest BCUT2D eigenvalue weighted by atomic mass is 16.5. The highest BCUT2D eigenvalue weighted by Gasteiger charge is 2.25. The summed E-state index contributed by atoms with van der Waals surface area (Å²) in [4.78, 5) is 35.8. The van der Waals surface area contributed by atoms with E-state index < -0.39 is 23.5 Å². The maximum Gasteiger partial charge on any atom is 0.326 e. The number of carboxylic acids is 1. The van der Waals surface area contributed by atoms with E-state index in [9.17, 15) is 19.5 Å². The molecule has 0 fully saturated rings. The second kappa shape index (κ2) is 9.72. The number of carbonyl (C=O) groups excluding carboxylic acids is 1. The summed E-state index contributed by atoms with van der Waals surface area (Å²) >= 11 is 0. The summed E-state index contributed by atoms with van der Waals surface area (Å²) in [5, 5.41) is 16.0. The molecule has 2 aromatic rings. The van der Waals surface area contributed by atoms with Gasteiger partial charge in [-0.3, -0.25) is 9.59 Å². The molecule has 2 atom stereocenters. The Kier molecular flexibility index (Phi) is 7.35. The largest absolute Gasteiger partial charge is 0.493 e. The predicted molar refractivity (Wildman–Crippen MR) is 106 cm³/mol. The van der Waals surface area contributed by atoms with Gasteiger partial charge in [-0.1, -0.05) is 20.3 Å². The third kappa shape index (κ3) is 5.34. The van der Waals surface area contributed by atoms with Crippen molar-refractivity contribution in [2.75, 3.05) is 14.2 Å². The van der Waals surface area contributed by atoms with Crippen LogP contribution in [0.5, 0.6) is 11.5 Å². The fourth-order valence-electron chi connectivity index (χ4n) is 2.75. The third-order valence-electron chi connectivity index (χ3n) is 4.63. The zero-order valence-electron chi connectivity index (χ0n) is 16.8. The zero-order chi connectivity index (χ0) is 21.6. The average molecular weight is 403 g/mol. The second-order valence-electron chi connectivity index (χ2n) is 6.55. The molecule has 0 saturated heterocycles.